The van der Waals surface area contributed by atoms with E-state index in [0.717, 1.165) is 21.7 Å². The third-order valence-electron chi connectivity index (χ3n) is 3.66. The largest absolute Gasteiger partial charge is 0.352 e. The van der Waals surface area contributed by atoms with Crippen molar-refractivity contribution in [1.82, 2.24) is 15.3 Å². The molecule has 0 aliphatic carbocycles. The predicted octanol–water partition coefficient (Wildman–Crippen LogP) is 4.50. The molecule has 0 spiro atoms. The van der Waals surface area contributed by atoms with Crippen LogP contribution in [0.3, 0.4) is 0 Å². The van der Waals surface area contributed by atoms with Crippen LogP contribution >= 0.6 is 27.3 Å². The van der Waals surface area contributed by atoms with Gasteiger partial charge in [0.2, 0.25) is 5.95 Å². The van der Waals surface area contributed by atoms with E-state index in [4.69, 9.17) is 0 Å². The van der Waals surface area contributed by atoms with E-state index in [1.54, 1.807) is 6.07 Å². The zero-order chi connectivity index (χ0) is 19.2. The second-order valence-electron chi connectivity index (χ2n) is 6.02. The maximum Gasteiger partial charge on any atom is 0.261 e. The second kappa shape index (κ2) is 8.96. The summed E-state index contributed by atoms with van der Waals surface area (Å²) in [4.78, 5) is 21.6. The van der Waals surface area contributed by atoms with Crippen molar-refractivity contribution in [3.05, 3.63) is 62.4 Å². The average Bonchev–Trinajstić information content (AvgIpc) is 3.07. The number of nitrogens with zero attached hydrogens (tertiary/aromatic N) is 2. The summed E-state index contributed by atoms with van der Waals surface area (Å²) < 4.78 is 0.914. The first-order valence-corrected chi connectivity index (χ1v) is 10.1. The van der Waals surface area contributed by atoms with Gasteiger partial charge in [0.1, 0.15) is 5.82 Å². The van der Waals surface area contributed by atoms with Crippen molar-refractivity contribution in [3.63, 3.8) is 0 Å². The molecule has 1 amide bonds. The molecule has 0 atom stereocenters. The van der Waals surface area contributed by atoms with Gasteiger partial charge in [0.15, 0.2) is 0 Å². The molecule has 0 aliphatic rings. The van der Waals surface area contributed by atoms with Crippen LogP contribution in [0.2, 0.25) is 0 Å². The molecular formula is C19H20BrN5OS. The van der Waals surface area contributed by atoms with Gasteiger partial charge >= 0.3 is 0 Å². The molecule has 0 unspecified atom stereocenters. The van der Waals surface area contributed by atoms with Crippen molar-refractivity contribution >= 4 is 50.6 Å². The molecule has 27 heavy (non-hydrogen) atoms. The summed E-state index contributed by atoms with van der Waals surface area (Å²) in [5.74, 6) is 1.17. The van der Waals surface area contributed by atoms with Crippen molar-refractivity contribution in [3.8, 4) is 0 Å². The van der Waals surface area contributed by atoms with Crippen LogP contribution in [0, 0.1) is 13.8 Å². The van der Waals surface area contributed by atoms with Crippen LogP contribution in [0.15, 0.2) is 46.3 Å². The summed E-state index contributed by atoms with van der Waals surface area (Å²) >= 11 is 4.75. The number of nitrogens with one attached hydrogen (secondary N) is 3. The fourth-order valence-electron chi connectivity index (χ4n) is 2.37. The molecule has 6 nitrogen and oxygen atoms in total. The Balaban J connectivity index is 1.53. The number of aromatic nitrogens is 2. The minimum atomic E-state index is -0.0839. The normalized spacial score (nSPS) is 10.5. The number of anilines is 3. The highest BCUT2D eigenvalue weighted by Crippen LogP contribution is 2.19. The lowest BCUT2D eigenvalue weighted by Gasteiger charge is -2.10. The number of amides is 1. The number of halogens is 1. The first-order chi connectivity index (χ1) is 13.0. The number of aryl methyl sites for hydroxylation is 2. The fourth-order valence-corrected chi connectivity index (χ4v) is 3.71. The van der Waals surface area contributed by atoms with Crippen LogP contribution in [0.1, 0.15) is 20.9 Å². The van der Waals surface area contributed by atoms with Crippen molar-refractivity contribution in [2.75, 3.05) is 23.7 Å². The number of rotatable bonds is 7. The highest BCUT2D eigenvalue weighted by Gasteiger charge is 2.08. The third kappa shape index (κ3) is 5.77. The molecule has 1 aromatic carbocycles. The molecule has 0 fully saturated rings. The molecule has 140 valence electrons. The Morgan fingerprint density at radius 1 is 1.11 bits per heavy atom. The number of benzene rings is 1. The van der Waals surface area contributed by atoms with E-state index in [9.17, 15) is 4.79 Å². The molecule has 3 rings (SSSR count). The topological polar surface area (TPSA) is 78.9 Å². The van der Waals surface area contributed by atoms with Crippen molar-refractivity contribution in [2.24, 2.45) is 0 Å². The molecule has 2 aromatic heterocycles. The van der Waals surface area contributed by atoms with E-state index in [0.29, 0.717) is 23.9 Å². The smallest absolute Gasteiger partial charge is 0.261 e. The van der Waals surface area contributed by atoms with Crippen LogP contribution in [-0.4, -0.2) is 29.0 Å². The number of hydrogen-bond acceptors (Lipinski definition) is 6. The Labute approximate surface area is 170 Å². The van der Waals surface area contributed by atoms with E-state index in [1.165, 1.54) is 16.9 Å². The Hall–Kier alpha value is -2.45. The van der Waals surface area contributed by atoms with Crippen molar-refractivity contribution < 1.29 is 4.79 Å². The van der Waals surface area contributed by atoms with Gasteiger partial charge in [-0.15, -0.1) is 11.3 Å². The molecule has 8 heteroatoms. The Kier molecular flexibility index (Phi) is 6.41. The second-order valence-corrected chi connectivity index (χ2v) is 7.85. The molecule has 3 N–H and O–H groups in total. The van der Waals surface area contributed by atoms with Gasteiger partial charge in [-0.25, -0.2) is 4.98 Å². The Bertz CT molecular complexity index is 926. The van der Waals surface area contributed by atoms with Gasteiger partial charge in [0, 0.05) is 40.4 Å². The molecule has 3 aromatic rings. The Morgan fingerprint density at radius 3 is 2.59 bits per heavy atom. The average molecular weight is 446 g/mol. The van der Waals surface area contributed by atoms with Crippen molar-refractivity contribution in [1.29, 1.82) is 0 Å². The number of hydrogen-bond donors (Lipinski definition) is 3. The summed E-state index contributed by atoms with van der Waals surface area (Å²) in [7, 11) is 0. The van der Waals surface area contributed by atoms with E-state index in [1.807, 2.05) is 42.6 Å². The number of thiophene rings is 1. The van der Waals surface area contributed by atoms with Crippen LogP contribution in [0.25, 0.3) is 0 Å². The molecule has 0 radical (unpaired) electrons. The highest BCUT2D eigenvalue weighted by molar-refractivity contribution is 9.10. The van der Waals surface area contributed by atoms with Gasteiger partial charge < -0.3 is 16.0 Å². The number of carbonyl (C=O) groups is 1. The number of carbonyl (C=O) groups excluding carboxylic acids is 1. The maximum absolute atomic E-state index is 12.0. The van der Waals surface area contributed by atoms with Crippen LogP contribution in [0.5, 0.6) is 0 Å². The molecule has 0 aliphatic heterocycles. The predicted molar refractivity (Wildman–Crippen MR) is 114 cm³/mol. The summed E-state index contributed by atoms with van der Waals surface area (Å²) in [5, 5.41) is 11.2. The van der Waals surface area contributed by atoms with Gasteiger partial charge in [0.25, 0.3) is 5.91 Å². The standard InChI is InChI=1S/C19H20BrN5OS/c1-12-3-5-15(6-4-12)24-17-9-13(2)23-19(25-17)22-8-7-21-18(26)16-10-14(20)11-27-16/h3-6,9-11H,7-8H2,1-2H3,(H,21,26)(H2,22,23,24,25). The summed E-state index contributed by atoms with van der Waals surface area (Å²) in [6.07, 6.45) is 0. The summed E-state index contributed by atoms with van der Waals surface area (Å²) in [6.45, 7) is 4.98. The quantitative estimate of drug-likeness (QED) is 0.466. The third-order valence-corrected chi connectivity index (χ3v) is 5.35. The maximum atomic E-state index is 12.0. The molecular weight excluding hydrogens is 426 g/mol. The fraction of sp³-hybridized carbons (Fsp3) is 0.211. The van der Waals surface area contributed by atoms with Gasteiger partial charge in [0.05, 0.1) is 4.88 Å². The van der Waals surface area contributed by atoms with Crippen LogP contribution in [0.4, 0.5) is 17.5 Å². The van der Waals surface area contributed by atoms with E-state index in [2.05, 4.69) is 48.8 Å². The molecule has 2 heterocycles. The van der Waals surface area contributed by atoms with Gasteiger partial charge in [-0.1, -0.05) is 17.7 Å². The lowest BCUT2D eigenvalue weighted by molar-refractivity contribution is 0.0959. The highest BCUT2D eigenvalue weighted by atomic mass is 79.9. The van der Waals surface area contributed by atoms with Crippen LogP contribution < -0.4 is 16.0 Å². The monoisotopic (exact) mass is 445 g/mol. The van der Waals surface area contributed by atoms with E-state index < -0.39 is 0 Å². The summed E-state index contributed by atoms with van der Waals surface area (Å²) in [6, 6.07) is 11.8. The van der Waals surface area contributed by atoms with Crippen molar-refractivity contribution in [2.45, 2.75) is 13.8 Å². The van der Waals surface area contributed by atoms with Gasteiger partial charge in [-0.05, 0) is 48.0 Å². The molecule has 0 bridgehead atoms. The first kappa shape index (κ1) is 19.3. The van der Waals surface area contributed by atoms with E-state index in [-0.39, 0.29) is 5.91 Å². The summed E-state index contributed by atoms with van der Waals surface area (Å²) in [5.41, 5.74) is 3.03. The lowest BCUT2D eigenvalue weighted by atomic mass is 10.2. The van der Waals surface area contributed by atoms with E-state index >= 15 is 0 Å². The zero-order valence-corrected chi connectivity index (χ0v) is 17.4. The first-order valence-electron chi connectivity index (χ1n) is 8.45. The molecule has 0 saturated carbocycles. The lowest BCUT2D eigenvalue weighted by Crippen LogP contribution is -2.28. The molecule has 0 saturated heterocycles. The minimum absolute atomic E-state index is 0.0839. The van der Waals surface area contributed by atoms with Crippen LogP contribution in [-0.2, 0) is 0 Å². The SMILES string of the molecule is Cc1ccc(Nc2cc(C)nc(NCCNC(=O)c3cc(Br)cs3)n2)cc1. The minimum Gasteiger partial charge on any atom is -0.352 e. The Morgan fingerprint density at radius 2 is 1.89 bits per heavy atom. The zero-order valence-electron chi connectivity index (χ0n) is 15.0. The van der Waals surface area contributed by atoms with Gasteiger partial charge in [-0.2, -0.15) is 4.98 Å². The van der Waals surface area contributed by atoms with Gasteiger partial charge in [-0.3, -0.25) is 4.79 Å².